The molecule has 0 spiro atoms. The van der Waals surface area contributed by atoms with Crippen LogP contribution in [0.4, 0.5) is 0 Å². The maximum atomic E-state index is 11.7. The second-order valence-corrected chi connectivity index (χ2v) is 7.45. The number of rotatable bonds is 10. The third-order valence-electron chi connectivity index (χ3n) is 4.04. The van der Waals surface area contributed by atoms with E-state index in [1.54, 1.807) is 11.8 Å². The molecule has 0 unspecified atom stereocenters. The fourth-order valence-corrected chi connectivity index (χ4v) is 2.77. The molecule has 0 bridgehead atoms. The van der Waals surface area contributed by atoms with Gasteiger partial charge in [0.25, 0.3) is 0 Å². The number of nitrogens with one attached hydrogen (secondary N) is 1. The zero-order valence-electron chi connectivity index (χ0n) is 16.1. The molecule has 1 N–H and O–H groups in total. The first-order valence-corrected chi connectivity index (χ1v) is 8.74. The maximum absolute atomic E-state index is 11.7. The summed E-state index contributed by atoms with van der Waals surface area (Å²) >= 11 is 0. The predicted molar refractivity (Wildman–Crippen MR) is 97.0 cm³/mol. The molecule has 2 amide bonds. The fourth-order valence-electron chi connectivity index (χ4n) is 2.77. The Hall–Kier alpha value is -1.32. The monoisotopic (exact) mass is 324 g/mol. The first-order chi connectivity index (χ1) is 10.6. The van der Waals surface area contributed by atoms with Gasteiger partial charge in [0.05, 0.1) is 0 Å². The van der Waals surface area contributed by atoms with Gasteiger partial charge in [-0.1, -0.05) is 39.8 Å². The van der Waals surface area contributed by atoms with E-state index in [-0.39, 0.29) is 11.8 Å². The summed E-state index contributed by atoms with van der Waals surface area (Å²) in [5, 5.41) is 2.87. The van der Waals surface area contributed by atoms with E-state index in [2.05, 4.69) is 45.2 Å². The molecule has 0 aromatic heterocycles. The number of hydrogen-bond acceptors (Lipinski definition) is 2. The standard InChI is InChI=1S/C19H36N2O2/c1-14(10-16(3)12-19(23)21(6)7)8-9-15(2)11-17(4)13-20-18(5)22/h8-9,14-17H,10-13H2,1-7H3,(H,20,22)/b9-8+/t14-,15-,16-,17-/m0/s1. The first-order valence-electron chi connectivity index (χ1n) is 8.74. The molecular formula is C19H36N2O2. The summed E-state index contributed by atoms with van der Waals surface area (Å²) in [4.78, 5) is 24.3. The molecule has 0 aliphatic heterocycles. The predicted octanol–water partition coefficient (Wildman–Crippen LogP) is 3.48. The molecule has 4 nitrogen and oxygen atoms in total. The number of hydrogen-bond donors (Lipinski definition) is 1. The van der Waals surface area contributed by atoms with Gasteiger partial charge in [-0.15, -0.1) is 0 Å². The van der Waals surface area contributed by atoms with Gasteiger partial charge in [-0.3, -0.25) is 9.59 Å². The summed E-state index contributed by atoms with van der Waals surface area (Å²) in [5.74, 6) is 2.10. The SMILES string of the molecule is CC(=O)NC[C@@H](C)C[C@@H](C)/C=C/[C@H](C)C[C@H](C)CC(=O)N(C)C. The highest BCUT2D eigenvalue weighted by molar-refractivity contribution is 5.75. The fraction of sp³-hybridized carbons (Fsp3) is 0.789. The molecule has 23 heavy (non-hydrogen) atoms. The molecule has 0 radical (unpaired) electrons. The van der Waals surface area contributed by atoms with E-state index < -0.39 is 0 Å². The molecule has 0 aliphatic carbocycles. The third kappa shape index (κ3) is 11.8. The molecule has 0 aliphatic rings. The summed E-state index contributed by atoms with van der Waals surface area (Å²) in [6.45, 7) is 11.0. The number of carbonyl (C=O) groups excluding carboxylic acids is 2. The second kappa shape index (κ2) is 11.3. The molecule has 0 aromatic carbocycles. The van der Waals surface area contributed by atoms with E-state index in [1.807, 2.05) is 14.1 Å². The normalized spacial score (nSPS) is 16.7. The van der Waals surface area contributed by atoms with Crippen LogP contribution in [0.2, 0.25) is 0 Å². The topological polar surface area (TPSA) is 49.4 Å². The zero-order chi connectivity index (χ0) is 18.0. The van der Waals surface area contributed by atoms with Crippen LogP contribution in [0.1, 0.15) is 53.9 Å². The van der Waals surface area contributed by atoms with Crippen molar-refractivity contribution in [3.63, 3.8) is 0 Å². The summed E-state index contributed by atoms with van der Waals surface area (Å²) in [6.07, 6.45) is 7.26. The van der Waals surface area contributed by atoms with E-state index in [0.717, 1.165) is 19.4 Å². The van der Waals surface area contributed by atoms with Crippen molar-refractivity contribution in [2.24, 2.45) is 23.7 Å². The van der Waals surface area contributed by atoms with Gasteiger partial charge in [0.1, 0.15) is 0 Å². The van der Waals surface area contributed by atoms with Crippen LogP contribution in [0.25, 0.3) is 0 Å². The van der Waals surface area contributed by atoms with Crippen LogP contribution >= 0.6 is 0 Å². The third-order valence-corrected chi connectivity index (χ3v) is 4.04. The molecule has 0 aromatic rings. The highest BCUT2D eigenvalue weighted by Gasteiger charge is 2.13. The Morgan fingerprint density at radius 2 is 1.43 bits per heavy atom. The largest absolute Gasteiger partial charge is 0.356 e. The van der Waals surface area contributed by atoms with Crippen molar-refractivity contribution in [1.82, 2.24) is 10.2 Å². The van der Waals surface area contributed by atoms with Crippen LogP contribution in [0.5, 0.6) is 0 Å². The maximum Gasteiger partial charge on any atom is 0.222 e. The highest BCUT2D eigenvalue weighted by Crippen LogP contribution is 2.19. The van der Waals surface area contributed by atoms with Gasteiger partial charge in [-0.2, -0.15) is 0 Å². The quantitative estimate of drug-likeness (QED) is 0.625. The van der Waals surface area contributed by atoms with Crippen molar-refractivity contribution in [2.75, 3.05) is 20.6 Å². The van der Waals surface area contributed by atoms with Crippen LogP contribution in [0, 0.1) is 23.7 Å². The van der Waals surface area contributed by atoms with Gasteiger partial charge >= 0.3 is 0 Å². The van der Waals surface area contributed by atoms with E-state index in [1.165, 1.54) is 0 Å². The van der Waals surface area contributed by atoms with Gasteiger partial charge < -0.3 is 10.2 Å². The van der Waals surface area contributed by atoms with Crippen molar-refractivity contribution in [3.05, 3.63) is 12.2 Å². The Morgan fingerprint density at radius 3 is 1.87 bits per heavy atom. The van der Waals surface area contributed by atoms with E-state index in [0.29, 0.717) is 30.1 Å². The average molecular weight is 325 g/mol. The molecule has 0 heterocycles. The molecule has 0 fully saturated rings. The lowest BCUT2D eigenvalue weighted by atomic mass is 9.91. The van der Waals surface area contributed by atoms with Gasteiger partial charge in [0, 0.05) is 34.0 Å². The Kier molecular flexibility index (Phi) is 10.6. The molecule has 0 saturated carbocycles. The van der Waals surface area contributed by atoms with Crippen LogP contribution in [0.3, 0.4) is 0 Å². The van der Waals surface area contributed by atoms with E-state index in [9.17, 15) is 9.59 Å². The van der Waals surface area contributed by atoms with Crippen molar-refractivity contribution in [2.45, 2.75) is 53.9 Å². The van der Waals surface area contributed by atoms with Crippen LogP contribution < -0.4 is 5.32 Å². The van der Waals surface area contributed by atoms with Crippen molar-refractivity contribution < 1.29 is 9.59 Å². The summed E-state index contributed by atoms with van der Waals surface area (Å²) in [7, 11) is 3.62. The van der Waals surface area contributed by atoms with Crippen molar-refractivity contribution in [1.29, 1.82) is 0 Å². The number of amides is 2. The molecule has 0 rings (SSSR count). The van der Waals surface area contributed by atoms with Crippen LogP contribution in [0.15, 0.2) is 12.2 Å². The van der Waals surface area contributed by atoms with Crippen molar-refractivity contribution in [3.8, 4) is 0 Å². The molecule has 0 saturated heterocycles. The lowest BCUT2D eigenvalue weighted by Gasteiger charge is -2.18. The molecule has 4 heteroatoms. The first kappa shape index (κ1) is 21.7. The minimum absolute atomic E-state index is 0.0370. The highest BCUT2D eigenvalue weighted by atomic mass is 16.2. The van der Waals surface area contributed by atoms with Crippen LogP contribution in [-0.2, 0) is 9.59 Å². The van der Waals surface area contributed by atoms with E-state index in [4.69, 9.17) is 0 Å². The van der Waals surface area contributed by atoms with Gasteiger partial charge in [0.2, 0.25) is 11.8 Å². The molecular weight excluding hydrogens is 288 g/mol. The Morgan fingerprint density at radius 1 is 0.957 bits per heavy atom. The minimum atomic E-state index is 0.0370. The van der Waals surface area contributed by atoms with Gasteiger partial charge in [-0.25, -0.2) is 0 Å². The zero-order valence-corrected chi connectivity index (χ0v) is 16.1. The number of nitrogens with zero attached hydrogens (tertiary/aromatic N) is 1. The van der Waals surface area contributed by atoms with Gasteiger partial charge in [-0.05, 0) is 36.5 Å². The second-order valence-electron chi connectivity index (χ2n) is 7.45. The minimum Gasteiger partial charge on any atom is -0.356 e. The Labute approximate surface area is 142 Å². The smallest absolute Gasteiger partial charge is 0.222 e. The molecule has 4 atom stereocenters. The Balaban J connectivity index is 4.12. The summed E-state index contributed by atoms with van der Waals surface area (Å²) < 4.78 is 0. The molecule has 134 valence electrons. The average Bonchev–Trinajstić information content (AvgIpc) is 2.42. The van der Waals surface area contributed by atoms with Crippen molar-refractivity contribution >= 4 is 11.8 Å². The van der Waals surface area contributed by atoms with E-state index >= 15 is 0 Å². The lowest BCUT2D eigenvalue weighted by molar-refractivity contribution is -0.129. The Bertz CT molecular complexity index is 391. The number of carbonyl (C=O) groups is 2. The summed E-state index contributed by atoms with van der Waals surface area (Å²) in [6, 6.07) is 0. The van der Waals surface area contributed by atoms with Crippen LogP contribution in [-0.4, -0.2) is 37.4 Å². The number of allylic oxidation sites excluding steroid dienone is 2. The lowest BCUT2D eigenvalue weighted by Crippen LogP contribution is -2.26. The van der Waals surface area contributed by atoms with Gasteiger partial charge in [0.15, 0.2) is 0 Å². The summed E-state index contributed by atoms with van der Waals surface area (Å²) in [5.41, 5.74) is 0.